The molecule has 0 saturated heterocycles. The number of rotatable bonds is 48. The van der Waals surface area contributed by atoms with Crippen molar-refractivity contribution < 1.29 is 47.1 Å². The zero-order valence-electron chi connectivity index (χ0n) is 69.6. The summed E-state index contributed by atoms with van der Waals surface area (Å²) in [4.78, 5) is 77.5. The van der Waals surface area contributed by atoms with Crippen LogP contribution in [0.1, 0.15) is 158 Å². The van der Waals surface area contributed by atoms with E-state index in [0.717, 1.165) is 0 Å². The van der Waals surface area contributed by atoms with Gasteiger partial charge in [-0.25, -0.2) is 28.8 Å². The van der Waals surface area contributed by atoms with E-state index in [2.05, 4.69) is 119 Å². The number of halogens is 8. The van der Waals surface area contributed by atoms with Gasteiger partial charge in [-0.15, -0.1) is 0 Å². The van der Waals surface area contributed by atoms with E-state index in [1.54, 1.807) is 146 Å². The highest BCUT2D eigenvalue weighted by Crippen LogP contribution is 2.22. The normalized spacial score (nSPS) is 10.8. The van der Waals surface area contributed by atoms with Gasteiger partial charge in [0.25, 0.3) is 0 Å². The number of amides is 12. The van der Waals surface area contributed by atoms with Gasteiger partial charge in [0.2, 0.25) is 0 Å². The third-order valence-corrected chi connectivity index (χ3v) is 20.3. The third kappa shape index (κ3) is 50.9. The second kappa shape index (κ2) is 65.3. The molecule has 12 amide bonds. The minimum atomic E-state index is -0.358. The van der Waals surface area contributed by atoms with Gasteiger partial charge >= 0.3 is 36.2 Å². The lowest BCUT2D eigenvalue weighted by molar-refractivity contribution is -0.929. The molecule has 116 heavy (non-hydrogen) atoms. The Hall–Kier alpha value is -7.62. The molecule has 6 aromatic rings. The summed E-state index contributed by atoms with van der Waals surface area (Å²) in [6.07, 6.45) is 22.1. The lowest BCUT2D eigenvalue weighted by Gasteiger charge is -2.39. The first kappa shape index (κ1) is 106. The van der Waals surface area contributed by atoms with Crippen molar-refractivity contribution in [2.45, 2.75) is 158 Å². The van der Waals surface area contributed by atoms with Crippen molar-refractivity contribution >= 4 is 140 Å². The average Bonchev–Trinajstić information content (AvgIpc) is 0.868. The molecular formula is C86H132Cl6F2N16O6. The largest absolute Gasteiger partial charge is 1.00 e. The van der Waals surface area contributed by atoms with Gasteiger partial charge in [-0.1, -0.05) is 176 Å². The van der Waals surface area contributed by atoms with Gasteiger partial charge in [0.05, 0.1) is 52.4 Å². The number of hydrogen-bond donors (Lipinski definition) is 12. The summed E-state index contributed by atoms with van der Waals surface area (Å²) < 4.78 is 2.84. The Kier molecular flexibility index (Phi) is 59.9. The number of carbonyl (C=O) groups is 6. The molecule has 0 aliphatic carbocycles. The summed E-state index contributed by atoms with van der Waals surface area (Å²) in [5, 5.41) is 36.7. The first-order chi connectivity index (χ1) is 55.0. The monoisotopic (exact) mass is 1730 g/mol. The SMILES string of the molecule is CCCC[N+](CCCC)(CCCC)CCCC.CCCC[N+](CCCC)(CCCC)CCCC.O=C(NCCN(CCNC(=O)Nc1ccc(Cl)cc1)CCNC(=O)Nc1ccc(Cl)cc1)Nc1ccc(Cl)cc1.O=C(NCCN(CCNC(=O)Nc1ccc(Cl)cc1)CCNC(=O)Nc1ccc(Cl)cc1)Nc1ccc(Cl)cc1.[F-].[F-]. The molecule has 0 aromatic heterocycles. The van der Waals surface area contributed by atoms with Gasteiger partial charge in [-0.3, -0.25) is 9.80 Å². The van der Waals surface area contributed by atoms with Crippen molar-refractivity contribution in [2.24, 2.45) is 0 Å². The Morgan fingerprint density at radius 1 is 0.233 bits per heavy atom. The molecule has 0 saturated carbocycles. The summed E-state index contributed by atoms with van der Waals surface area (Å²) in [6.45, 7) is 35.0. The highest BCUT2D eigenvalue weighted by molar-refractivity contribution is 6.32. The Morgan fingerprint density at radius 3 is 0.466 bits per heavy atom. The zero-order chi connectivity index (χ0) is 83.5. The molecule has 0 bridgehead atoms. The van der Waals surface area contributed by atoms with Crippen molar-refractivity contribution in [1.82, 2.24) is 41.7 Å². The molecule has 0 spiro atoms. The van der Waals surface area contributed by atoms with Crippen LogP contribution in [-0.2, 0) is 0 Å². The summed E-state index contributed by atoms with van der Waals surface area (Å²) >= 11 is 35.3. The zero-order valence-corrected chi connectivity index (χ0v) is 74.1. The van der Waals surface area contributed by atoms with Crippen LogP contribution in [0.4, 0.5) is 62.9 Å². The first-order valence-corrected chi connectivity index (χ1v) is 43.3. The second-order valence-corrected chi connectivity index (χ2v) is 30.9. The van der Waals surface area contributed by atoms with Crippen molar-refractivity contribution in [1.29, 1.82) is 0 Å². The summed E-state index contributed by atoms with van der Waals surface area (Å²) in [6, 6.07) is 38.5. The van der Waals surface area contributed by atoms with E-state index in [9.17, 15) is 28.8 Å². The number of carbonyl (C=O) groups excluding carboxylic acids is 6. The maximum absolute atomic E-state index is 12.3. The molecule has 0 aliphatic heterocycles. The van der Waals surface area contributed by atoms with Crippen LogP contribution in [-0.4, -0.2) is 186 Å². The Labute approximate surface area is 720 Å². The van der Waals surface area contributed by atoms with Crippen LogP contribution < -0.4 is 73.2 Å². The van der Waals surface area contributed by atoms with E-state index < -0.39 is 0 Å². The van der Waals surface area contributed by atoms with Gasteiger partial charge in [0.15, 0.2) is 0 Å². The highest BCUT2D eigenvalue weighted by Gasteiger charge is 2.26. The quantitative estimate of drug-likeness (QED) is 0.0163. The topological polar surface area (TPSA) is 253 Å². The molecule has 0 aliphatic rings. The number of nitrogens with zero attached hydrogens (tertiary/aromatic N) is 4. The lowest BCUT2D eigenvalue weighted by atomic mass is 10.1. The van der Waals surface area contributed by atoms with E-state index in [0.29, 0.717) is 143 Å². The van der Waals surface area contributed by atoms with Crippen LogP contribution in [0.5, 0.6) is 0 Å². The van der Waals surface area contributed by atoms with Gasteiger partial charge < -0.3 is 82.2 Å². The maximum Gasteiger partial charge on any atom is 0.319 e. The molecule has 0 heterocycles. The maximum atomic E-state index is 12.3. The smallest absolute Gasteiger partial charge is 0.319 e. The summed E-state index contributed by atoms with van der Waals surface area (Å²) in [5.74, 6) is 0. The predicted octanol–water partition coefficient (Wildman–Crippen LogP) is 15.4. The van der Waals surface area contributed by atoms with Crippen molar-refractivity contribution in [3.05, 3.63) is 176 Å². The number of hydrogen-bond acceptors (Lipinski definition) is 8. The fraction of sp³-hybridized carbons (Fsp3) is 0.512. The minimum absolute atomic E-state index is 0. The number of urea groups is 6. The van der Waals surface area contributed by atoms with Gasteiger partial charge in [0, 0.05) is 143 Å². The molecule has 6 aromatic carbocycles. The standard InChI is InChI=1S/2C27H30Cl3N7O3.2C16H36N.2FH/c2*28-19-1-7-22(8-2-19)34-25(38)31-13-16-37(17-14-32-26(39)35-23-9-3-20(29)4-10-23)18-15-33-27(40)36-24-11-5-21(30)6-12-24;2*1-5-9-13-17(14-10-6-2,15-11-7-3)16-12-8-4;;/h2*1-12H,13-18H2,(H2,31,34,38)(H2,32,35,39)(H2,33,36,40);2*5-16H2,1-4H3;2*1H/q;;2*+1;;/p-2. The number of benzene rings is 6. The van der Waals surface area contributed by atoms with Crippen LogP contribution in [0, 0.1) is 0 Å². The Morgan fingerprint density at radius 2 is 0.353 bits per heavy atom. The van der Waals surface area contributed by atoms with Crippen molar-refractivity contribution in [2.75, 3.05) is 163 Å². The second-order valence-electron chi connectivity index (χ2n) is 28.3. The molecule has 22 nitrogen and oxygen atoms in total. The van der Waals surface area contributed by atoms with Gasteiger partial charge in [0.1, 0.15) is 0 Å². The molecule has 648 valence electrons. The fourth-order valence-corrected chi connectivity index (χ4v) is 12.9. The molecule has 6 rings (SSSR count). The number of quaternary nitrogens is 2. The molecule has 0 radical (unpaired) electrons. The van der Waals surface area contributed by atoms with Crippen LogP contribution in [0.25, 0.3) is 0 Å². The minimum Gasteiger partial charge on any atom is -1.00 e. The number of unbranched alkanes of at least 4 members (excludes halogenated alkanes) is 8. The predicted molar refractivity (Wildman–Crippen MR) is 482 cm³/mol. The van der Waals surface area contributed by atoms with Gasteiger partial charge in [-0.2, -0.15) is 0 Å². The van der Waals surface area contributed by atoms with Gasteiger partial charge in [-0.05, 0) is 197 Å². The van der Waals surface area contributed by atoms with E-state index in [1.807, 2.05) is 9.80 Å². The number of nitrogens with one attached hydrogen (secondary N) is 12. The third-order valence-electron chi connectivity index (χ3n) is 18.8. The van der Waals surface area contributed by atoms with E-state index in [4.69, 9.17) is 69.6 Å². The Balaban J connectivity index is 0.000000829. The highest BCUT2D eigenvalue weighted by atomic mass is 35.5. The van der Waals surface area contributed by atoms with E-state index >= 15 is 0 Å². The average molecular weight is 1740 g/mol. The molecule has 30 heteroatoms. The first-order valence-electron chi connectivity index (χ1n) is 41.0. The van der Waals surface area contributed by atoms with Crippen molar-refractivity contribution in [3.63, 3.8) is 0 Å². The fourth-order valence-electron chi connectivity index (χ4n) is 12.2. The van der Waals surface area contributed by atoms with Crippen LogP contribution in [0.15, 0.2) is 146 Å². The summed E-state index contributed by atoms with van der Waals surface area (Å²) in [5.41, 5.74) is 3.70. The van der Waals surface area contributed by atoms with Crippen LogP contribution in [0.3, 0.4) is 0 Å². The molecule has 0 fully saturated rings. The summed E-state index contributed by atoms with van der Waals surface area (Å²) in [7, 11) is 0. The molecular weight excluding hydrogens is 1600 g/mol. The Bertz CT molecular complexity index is 2950. The van der Waals surface area contributed by atoms with Crippen molar-refractivity contribution in [3.8, 4) is 0 Å². The number of anilines is 6. The lowest BCUT2D eigenvalue weighted by Crippen LogP contribution is -3.00. The van der Waals surface area contributed by atoms with E-state index in [-0.39, 0.29) is 45.6 Å². The molecule has 0 unspecified atom stereocenters. The van der Waals surface area contributed by atoms with Crippen LogP contribution in [0.2, 0.25) is 30.1 Å². The molecule has 0 atom stereocenters. The van der Waals surface area contributed by atoms with Crippen LogP contribution >= 0.6 is 69.6 Å². The van der Waals surface area contributed by atoms with E-state index in [1.165, 1.54) is 164 Å². The molecule has 12 N–H and O–H groups in total.